The second-order valence-corrected chi connectivity index (χ2v) is 10.4. The number of nitrogens with zero attached hydrogens (tertiary/aromatic N) is 1. The summed E-state index contributed by atoms with van der Waals surface area (Å²) in [5.74, 6) is 1.18. The van der Waals surface area contributed by atoms with Crippen LogP contribution >= 0.6 is 11.3 Å². The van der Waals surface area contributed by atoms with Gasteiger partial charge in [0.2, 0.25) is 5.91 Å². The topological polar surface area (TPSA) is 84.9 Å². The zero-order valence-corrected chi connectivity index (χ0v) is 17.8. The van der Waals surface area contributed by atoms with E-state index in [0.717, 1.165) is 11.3 Å². The molecule has 1 saturated heterocycles. The first-order valence-corrected chi connectivity index (χ1v) is 12.0. The quantitative estimate of drug-likeness (QED) is 0.779. The highest BCUT2D eigenvalue weighted by Crippen LogP contribution is 2.33. The maximum atomic E-state index is 12.7. The molecule has 0 saturated carbocycles. The lowest BCUT2D eigenvalue weighted by Gasteiger charge is -2.31. The van der Waals surface area contributed by atoms with E-state index in [4.69, 9.17) is 9.47 Å². The molecule has 29 heavy (non-hydrogen) atoms. The average molecular weight is 437 g/mol. The van der Waals surface area contributed by atoms with Crippen molar-refractivity contribution in [2.24, 2.45) is 5.92 Å². The number of nitrogens with one attached hydrogen (secondary N) is 1. The van der Waals surface area contributed by atoms with Crippen molar-refractivity contribution in [2.75, 3.05) is 26.3 Å². The fourth-order valence-electron chi connectivity index (χ4n) is 3.64. The minimum Gasteiger partial charge on any atom is -0.486 e. The summed E-state index contributed by atoms with van der Waals surface area (Å²) in [5.41, 5.74) is 0.945. The van der Waals surface area contributed by atoms with E-state index >= 15 is 0 Å². The number of sulfonamides is 1. The van der Waals surface area contributed by atoms with Crippen molar-refractivity contribution < 1.29 is 22.7 Å². The van der Waals surface area contributed by atoms with E-state index < -0.39 is 10.0 Å². The van der Waals surface area contributed by atoms with Gasteiger partial charge < -0.3 is 14.8 Å². The molecule has 1 aromatic carbocycles. The van der Waals surface area contributed by atoms with Gasteiger partial charge in [0.05, 0.1) is 6.04 Å². The summed E-state index contributed by atoms with van der Waals surface area (Å²) < 4.78 is 38.2. The van der Waals surface area contributed by atoms with Crippen LogP contribution in [0, 0.1) is 5.92 Å². The molecule has 1 atom stereocenters. The summed E-state index contributed by atoms with van der Waals surface area (Å²) in [4.78, 5) is 12.7. The molecule has 0 radical (unpaired) electrons. The Morgan fingerprint density at radius 2 is 1.90 bits per heavy atom. The molecule has 9 heteroatoms. The van der Waals surface area contributed by atoms with Crippen molar-refractivity contribution in [3.05, 3.63) is 41.3 Å². The molecule has 3 heterocycles. The van der Waals surface area contributed by atoms with Gasteiger partial charge in [-0.05, 0) is 48.9 Å². The standard InChI is InChI=1S/C20H24N2O5S2/c1-14(16-4-5-17-18(13-16)27-11-10-26-17)21-20(23)15-6-8-22(9-7-15)29(24,25)19-3-2-12-28-19/h2-5,12-15H,6-11H2,1H3,(H,21,23)/t14-/m1/s1. The molecule has 1 fully saturated rings. The number of ether oxygens (including phenoxy) is 2. The number of fused-ring (bicyclic) bond motifs is 1. The highest BCUT2D eigenvalue weighted by atomic mass is 32.2. The van der Waals surface area contributed by atoms with E-state index in [2.05, 4.69) is 5.32 Å². The Labute approximate surface area is 174 Å². The van der Waals surface area contributed by atoms with Gasteiger partial charge in [-0.1, -0.05) is 12.1 Å². The zero-order valence-electron chi connectivity index (χ0n) is 16.2. The van der Waals surface area contributed by atoms with Gasteiger partial charge in [-0.2, -0.15) is 4.31 Å². The Morgan fingerprint density at radius 1 is 1.17 bits per heavy atom. The highest BCUT2D eigenvalue weighted by molar-refractivity contribution is 7.91. The summed E-state index contributed by atoms with van der Waals surface area (Å²) in [6, 6.07) is 8.86. The molecule has 4 rings (SSSR count). The Bertz CT molecular complexity index is 967. The van der Waals surface area contributed by atoms with Crippen LogP contribution < -0.4 is 14.8 Å². The fraction of sp³-hybridized carbons (Fsp3) is 0.450. The average Bonchev–Trinajstić information content (AvgIpc) is 3.29. The molecule has 1 aromatic heterocycles. The van der Waals surface area contributed by atoms with Crippen molar-refractivity contribution in [1.29, 1.82) is 0 Å². The summed E-state index contributed by atoms with van der Waals surface area (Å²) >= 11 is 1.22. The van der Waals surface area contributed by atoms with E-state index in [-0.39, 0.29) is 17.9 Å². The number of amides is 1. The third-order valence-corrected chi connectivity index (χ3v) is 8.61. The van der Waals surface area contributed by atoms with Crippen LogP contribution in [0.2, 0.25) is 0 Å². The first-order chi connectivity index (χ1) is 13.9. The predicted octanol–water partition coefficient (Wildman–Crippen LogP) is 2.80. The van der Waals surface area contributed by atoms with E-state index in [1.54, 1.807) is 17.5 Å². The molecule has 0 unspecified atom stereocenters. The molecule has 1 N–H and O–H groups in total. The van der Waals surface area contributed by atoms with Crippen molar-refractivity contribution >= 4 is 27.3 Å². The second-order valence-electron chi connectivity index (χ2n) is 7.24. The largest absolute Gasteiger partial charge is 0.486 e. The normalized spacial score (nSPS) is 18.9. The van der Waals surface area contributed by atoms with Crippen molar-refractivity contribution in [2.45, 2.75) is 30.0 Å². The van der Waals surface area contributed by atoms with Crippen molar-refractivity contribution in [3.63, 3.8) is 0 Å². The molecular formula is C20H24N2O5S2. The van der Waals surface area contributed by atoms with Crippen LogP contribution in [0.5, 0.6) is 11.5 Å². The highest BCUT2D eigenvalue weighted by Gasteiger charge is 2.33. The number of thiophene rings is 1. The molecule has 2 aromatic rings. The Morgan fingerprint density at radius 3 is 2.59 bits per heavy atom. The number of hydrogen-bond donors (Lipinski definition) is 1. The first kappa shape index (κ1) is 20.2. The van der Waals surface area contributed by atoms with Crippen molar-refractivity contribution in [1.82, 2.24) is 9.62 Å². The van der Waals surface area contributed by atoms with E-state index in [9.17, 15) is 13.2 Å². The van der Waals surface area contributed by atoms with Crippen LogP contribution in [0.1, 0.15) is 31.4 Å². The minimum absolute atomic E-state index is 0.0411. The maximum Gasteiger partial charge on any atom is 0.252 e. The van der Waals surface area contributed by atoms with Gasteiger partial charge in [0.25, 0.3) is 10.0 Å². The van der Waals surface area contributed by atoms with Crippen LogP contribution in [-0.2, 0) is 14.8 Å². The van der Waals surface area contributed by atoms with E-state index in [1.807, 2.05) is 25.1 Å². The van der Waals surface area contributed by atoms with Gasteiger partial charge in [0.15, 0.2) is 11.5 Å². The smallest absolute Gasteiger partial charge is 0.252 e. The van der Waals surface area contributed by atoms with Gasteiger partial charge in [-0.25, -0.2) is 8.42 Å². The summed E-state index contributed by atoms with van der Waals surface area (Å²) in [5, 5.41) is 4.81. The lowest BCUT2D eigenvalue weighted by Crippen LogP contribution is -2.43. The number of piperidine rings is 1. The summed E-state index contributed by atoms with van der Waals surface area (Å²) in [7, 11) is -3.45. The number of carbonyl (C=O) groups is 1. The van der Waals surface area contributed by atoms with Gasteiger partial charge in [0, 0.05) is 19.0 Å². The Balaban J connectivity index is 1.34. The van der Waals surface area contributed by atoms with Crippen LogP contribution in [-0.4, -0.2) is 44.9 Å². The van der Waals surface area contributed by atoms with Gasteiger partial charge in [-0.3, -0.25) is 4.79 Å². The van der Waals surface area contributed by atoms with Crippen LogP contribution in [0.4, 0.5) is 0 Å². The molecule has 2 aliphatic rings. The monoisotopic (exact) mass is 436 g/mol. The predicted molar refractivity (Wildman–Crippen MR) is 110 cm³/mol. The van der Waals surface area contributed by atoms with Crippen LogP contribution in [0.3, 0.4) is 0 Å². The Kier molecular flexibility index (Phi) is 5.80. The van der Waals surface area contributed by atoms with E-state index in [0.29, 0.717) is 49.1 Å². The third kappa shape index (κ3) is 4.26. The molecule has 0 bridgehead atoms. The summed E-state index contributed by atoms with van der Waals surface area (Å²) in [6.07, 6.45) is 1.04. The molecule has 7 nitrogen and oxygen atoms in total. The maximum absolute atomic E-state index is 12.7. The first-order valence-electron chi connectivity index (χ1n) is 9.69. The molecule has 2 aliphatic heterocycles. The summed E-state index contributed by atoms with van der Waals surface area (Å²) in [6.45, 7) is 3.71. The lowest BCUT2D eigenvalue weighted by molar-refractivity contribution is -0.126. The SMILES string of the molecule is C[C@@H](NC(=O)C1CCN(S(=O)(=O)c2cccs2)CC1)c1ccc2c(c1)OCCO2. The number of carbonyl (C=O) groups excluding carboxylic acids is 1. The molecule has 1 amide bonds. The molecule has 0 spiro atoms. The second kappa shape index (κ2) is 8.33. The molecular weight excluding hydrogens is 412 g/mol. The zero-order chi connectivity index (χ0) is 20.4. The lowest BCUT2D eigenvalue weighted by atomic mass is 9.96. The number of benzene rings is 1. The minimum atomic E-state index is -3.45. The van der Waals surface area contributed by atoms with Crippen LogP contribution in [0.15, 0.2) is 39.9 Å². The Hall–Kier alpha value is -2.10. The molecule has 156 valence electrons. The fourth-order valence-corrected chi connectivity index (χ4v) is 6.25. The van der Waals surface area contributed by atoms with Gasteiger partial charge in [-0.15, -0.1) is 11.3 Å². The van der Waals surface area contributed by atoms with Gasteiger partial charge in [0.1, 0.15) is 17.4 Å². The molecule has 0 aliphatic carbocycles. The number of rotatable bonds is 5. The van der Waals surface area contributed by atoms with Gasteiger partial charge >= 0.3 is 0 Å². The van der Waals surface area contributed by atoms with E-state index in [1.165, 1.54) is 15.6 Å². The van der Waals surface area contributed by atoms with Crippen LogP contribution in [0.25, 0.3) is 0 Å². The van der Waals surface area contributed by atoms with Crippen molar-refractivity contribution in [3.8, 4) is 11.5 Å². The third-order valence-electron chi connectivity index (χ3n) is 5.34. The number of hydrogen-bond acceptors (Lipinski definition) is 6.